The number of aliphatic imine (C=N–C) groups is 1. The number of halogens is 2. The molecule has 1 aromatic rings. The Morgan fingerprint density at radius 2 is 1.90 bits per heavy atom. The van der Waals surface area contributed by atoms with E-state index in [2.05, 4.69) is 17.2 Å². The van der Waals surface area contributed by atoms with E-state index >= 15 is 0 Å². The van der Waals surface area contributed by atoms with Crippen LogP contribution in [0.4, 0.5) is 8.78 Å². The monoisotopic (exact) mass is 283 g/mol. The van der Waals surface area contributed by atoms with Crippen LogP contribution in [0.1, 0.15) is 38.2 Å². The summed E-state index contributed by atoms with van der Waals surface area (Å²) in [5, 5.41) is 2.87. The van der Waals surface area contributed by atoms with E-state index in [0.717, 1.165) is 12.8 Å². The number of unbranched alkanes of at least 4 members (excludes halogenated alkanes) is 3. The molecule has 0 aliphatic heterocycles. The van der Waals surface area contributed by atoms with Crippen LogP contribution in [0.5, 0.6) is 0 Å². The zero-order chi connectivity index (χ0) is 14.8. The number of nitrogens with zero attached hydrogens (tertiary/aromatic N) is 1. The predicted molar refractivity (Wildman–Crippen MR) is 78.7 cm³/mol. The van der Waals surface area contributed by atoms with E-state index in [1.807, 2.05) is 0 Å². The van der Waals surface area contributed by atoms with Crippen LogP contribution < -0.4 is 11.1 Å². The quantitative estimate of drug-likeness (QED) is 0.438. The van der Waals surface area contributed by atoms with Gasteiger partial charge in [0, 0.05) is 18.7 Å². The van der Waals surface area contributed by atoms with Gasteiger partial charge in [-0.2, -0.15) is 0 Å². The Morgan fingerprint density at radius 3 is 2.55 bits per heavy atom. The Bertz CT molecular complexity index is 413. The summed E-state index contributed by atoms with van der Waals surface area (Å²) < 4.78 is 26.7. The van der Waals surface area contributed by atoms with Crippen molar-refractivity contribution in [2.24, 2.45) is 10.7 Å². The van der Waals surface area contributed by atoms with Crippen molar-refractivity contribution in [2.45, 2.75) is 39.0 Å². The summed E-state index contributed by atoms with van der Waals surface area (Å²) in [6.45, 7) is 3.20. The van der Waals surface area contributed by atoms with Crippen molar-refractivity contribution in [1.82, 2.24) is 5.32 Å². The van der Waals surface area contributed by atoms with Crippen molar-refractivity contribution in [1.29, 1.82) is 0 Å². The average Bonchev–Trinajstić information content (AvgIpc) is 2.42. The second-order valence-electron chi connectivity index (χ2n) is 4.70. The highest BCUT2D eigenvalue weighted by atomic mass is 19.1. The Kier molecular flexibility index (Phi) is 7.62. The van der Waals surface area contributed by atoms with Crippen molar-refractivity contribution >= 4 is 5.96 Å². The third kappa shape index (κ3) is 5.99. The van der Waals surface area contributed by atoms with Gasteiger partial charge in [0.05, 0.1) is 0 Å². The minimum absolute atomic E-state index is 0.0794. The van der Waals surface area contributed by atoms with Crippen molar-refractivity contribution in [2.75, 3.05) is 13.1 Å². The molecular formula is C15H23F2N3. The van der Waals surface area contributed by atoms with Crippen molar-refractivity contribution in [3.05, 3.63) is 35.4 Å². The summed E-state index contributed by atoms with van der Waals surface area (Å²) in [4.78, 5) is 4.17. The molecule has 0 saturated heterocycles. The van der Waals surface area contributed by atoms with Crippen LogP contribution in [0, 0.1) is 11.6 Å². The van der Waals surface area contributed by atoms with Crippen molar-refractivity contribution in [3.8, 4) is 0 Å². The number of rotatable bonds is 8. The first-order valence-electron chi connectivity index (χ1n) is 7.11. The highest BCUT2D eigenvalue weighted by Crippen LogP contribution is 2.11. The first-order chi connectivity index (χ1) is 9.65. The van der Waals surface area contributed by atoms with Crippen molar-refractivity contribution < 1.29 is 8.78 Å². The van der Waals surface area contributed by atoms with Crippen LogP contribution >= 0.6 is 0 Å². The molecule has 0 heterocycles. The number of nitrogens with two attached hydrogens (primary N) is 1. The summed E-state index contributed by atoms with van der Waals surface area (Å²) in [6.07, 6.45) is 4.79. The largest absolute Gasteiger partial charge is 0.370 e. The van der Waals surface area contributed by atoms with Crippen LogP contribution in [0.3, 0.4) is 0 Å². The summed E-state index contributed by atoms with van der Waals surface area (Å²) in [5.74, 6) is -0.720. The maximum Gasteiger partial charge on any atom is 0.188 e. The van der Waals surface area contributed by atoms with Crippen LogP contribution in [-0.2, 0) is 6.42 Å². The van der Waals surface area contributed by atoms with E-state index < -0.39 is 11.6 Å². The van der Waals surface area contributed by atoms with E-state index in [-0.39, 0.29) is 12.0 Å². The van der Waals surface area contributed by atoms with Gasteiger partial charge in [-0.15, -0.1) is 0 Å². The predicted octanol–water partition coefficient (Wildman–Crippen LogP) is 2.99. The topological polar surface area (TPSA) is 50.4 Å². The second kappa shape index (κ2) is 9.28. The van der Waals surface area contributed by atoms with Gasteiger partial charge in [0.25, 0.3) is 0 Å². The zero-order valence-electron chi connectivity index (χ0n) is 12.0. The maximum absolute atomic E-state index is 13.4. The molecule has 0 atom stereocenters. The minimum atomic E-state index is -0.526. The molecule has 0 spiro atoms. The molecule has 0 aliphatic carbocycles. The summed E-state index contributed by atoms with van der Waals surface area (Å²) in [5.41, 5.74) is 5.76. The van der Waals surface area contributed by atoms with E-state index in [0.29, 0.717) is 19.0 Å². The van der Waals surface area contributed by atoms with Gasteiger partial charge in [-0.05, 0) is 25.0 Å². The number of benzene rings is 1. The third-order valence-electron chi connectivity index (χ3n) is 3.04. The Labute approximate surface area is 119 Å². The van der Waals surface area contributed by atoms with E-state index in [1.54, 1.807) is 0 Å². The molecule has 112 valence electrons. The molecule has 0 bridgehead atoms. The maximum atomic E-state index is 13.4. The fourth-order valence-corrected chi connectivity index (χ4v) is 1.88. The Balaban J connectivity index is 2.28. The standard InChI is InChI=1S/C15H23F2N3/c1-2-3-4-5-10-19-15(18)20-11-9-12-13(16)7-6-8-14(12)17/h6-8H,2-5,9-11H2,1H3,(H3,18,19,20). The van der Waals surface area contributed by atoms with Gasteiger partial charge in [0.1, 0.15) is 11.6 Å². The minimum Gasteiger partial charge on any atom is -0.370 e. The van der Waals surface area contributed by atoms with Crippen LogP contribution in [0.2, 0.25) is 0 Å². The lowest BCUT2D eigenvalue weighted by Gasteiger charge is -2.07. The highest BCUT2D eigenvalue weighted by Gasteiger charge is 2.07. The molecule has 0 unspecified atom stereocenters. The SMILES string of the molecule is CCCCCCN=C(N)NCCc1c(F)cccc1F. The molecule has 0 fully saturated rings. The summed E-state index contributed by atoms with van der Waals surface area (Å²) in [7, 11) is 0. The van der Waals surface area contributed by atoms with Gasteiger partial charge in [-0.1, -0.05) is 32.3 Å². The molecule has 20 heavy (non-hydrogen) atoms. The number of nitrogens with one attached hydrogen (secondary N) is 1. The third-order valence-corrected chi connectivity index (χ3v) is 3.04. The molecule has 3 N–H and O–H groups in total. The molecule has 3 nitrogen and oxygen atoms in total. The fraction of sp³-hybridized carbons (Fsp3) is 0.533. The lowest BCUT2D eigenvalue weighted by molar-refractivity contribution is 0.553. The Hall–Kier alpha value is -1.65. The molecule has 5 heteroatoms. The van der Waals surface area contributed by atoms with E-state index in [9.17, 15) is 8.78 Å². The van der Waals surface area contributed by atoms with Gasteiger partial charge in [-0.25, -0.2) is 8.78 Å². The second-order valence-corrected chi connectivity index (χ2v) is 4.70. The highest BCUT2D eigenvalue weighted by molar-refractivity contribution is 5.77. The fourth-order valence-electron chi connectivity index (χ4n) is 1.88. The lowest BCUT2D eigenvalue weighted by atomic mass is 10.1. The smallest absolute Gasteiger partial charge is 0.188 e. The van der Waals surface area contributed by atoms with Crippen molar-refractivity contribution in [3.63, 3.8) is 0 Å². The number of hydrogen-bond donors (Lipinski definition) is 2. The van der Waals surface area contributed by atoms with Gasteiger partial charge < -0.3 is 11.1 Å². The lowest BCUT2D eigenvalue weighted by Crippen LogP contribution is -2.33. The van der Waals surface area contributed by atoms with Crippen LogP contribution in [-0.4, -0.2) is 19.0 Å². The van der Waals surface area contributed by atoms with Gasteiger partial charge in [-0.3, -0.25) is 4.99 Å². The van der Waals surface area contributed by atoms with E-state index in [4.69, 9.17) is 5.73 Å². The van der Waals surface area contributed by atoms with Gasteiger partial charge in [0.15, 0.2) is 5.96 Å². The molecule has 1 aromatic carbocycles. The molecule has 0 amide bonds. The molecule has 0 radical (unpaired) electrons. The van der Waals surface area contributed by atoms with E-state index in [1.165, 1.54) is 31.0 Å². The summed E-state index contributed by atoms with van der Waals surface area (Å²) >= 11 is 0. The number of guanidine groups is 1. The number of hydrogen-bond acceptors (Lipinski definition) is 1. The van der Waals surface area contributed by atoms with Gasteiger partial charge in [0.2, 0.25) is 0 Å². The van der Waals surface area contributed by atoms with Gasteiger partial charge >= 0.3 is 0 Å². The Morgan fingerprint density at radius 1 is 1.20 bits per heavy atom. The van der Waals surface area contributed by atoms with Crippen LogP contribution in [0.15, 0.2) is 23.2 Å². The molecule has 0 aromatic heterocycles. The van der Waals surface area contributed by atoms with Crippen LogP contribution in [0.25, 0.3) is 0 Å². The average molecular weight is 283 g/mol. The molecule has 1 rings (SSSR count). The molecule has 0 saturated carbocycles. The first kappa shape index (κ1) is 16.4. The summed E-state index contributed by atoms with van der Waals surface area (Å²) in [6, 6.07) is 3.86. The molecular weight excluding hydrogens is 260 g/mol. The zero-order valence-corrected chi connectivity index (χ0v) is 12.0. The molecule has 0 aliphatic rings. The first-order valence-corrected chi connectivity index (χ1v) is 7.11. The normalized spacial score (nSPS) is 11.7.